The first kappa shape index (κ1) is 17.1. The van der Waals surface area contributed by atoms with E-state index in [2.05, 4.69) is 20.7 Å². The van der Waals surface area contributed by atoms with Gasteiger partial charge in [0.2, 0.25) is 0 Å². The van der Waals surface area contributed by atoms with E-state index in [-0.39, 0.29) is 10.0 Å². The Kier molecular flexibility index (Phi) is 5.31. The van der Waals surface area contributed by atoms with Gasteiger partial charge in [0.25, 0.3) is 0 Å². The molecule has 9 heteroatoms. The highest BCUT2D eigenvalue weighted by Gasteiger charge is 2.32. The summed E-state index contributed by atoms with van der Waals surface area (Å²) in [7, 11) is 0. The van der Waals surface area contributed by atoms with Gasteiger partial charge >= 0.3 is 12.5 Å². The monoisotopic (exact) mass is 365 g/mol. The van der Waals surface area contributed by atoms with Crippen molar-refractivity contribution in [1.29, 1.82) is 0 Å². The molecule has 0 aromatic heterocycles. The van der Waals surface area contributed by atoms with Gasteiger partial charge in [0.1, 0.15) is 5.75 Å². The lowest BCUT2D eigenvalue weighted by Gasteiger charge is -2.16. The molecule has 0 bridgehead atoms. The number of alkyl halides is 6. The van der Waals surface area contributed by atoms with Crippen LogP contribution in [0.25, 0.3) is 0 Å². The van der Waals surface area contributed by atoms with Gasteiger partial charge in [0, 0.05) is 16.9 Å². The second kappa shape index (κ2) is 6.21. The van der Waals surface area contributed by atoms with Crippen LogP contribution in [0.4, 0.5) is 26.3 Å². The Balaban J connectivity index is 2.84. The molecule has 0 unspecified atom stereocenters. The molecule has 20 heavy (non-hydrogen) atoms. The van der Waals surface area contributed by atoms with Gasteiger partial charge in [-0.15, -0.1) is 13.2 Å². The zero-order chi connectivity index (χ0) is 15.6. The highest BCUT2D eigenvalue weighted by molar-refractivity contribution is 9.10. The van der Waals surface area contributed by atoms with Crippen LogP contribution in [-0.4, -0.2) is 12.5 Å². The molecule has 1 aromatic carbocycles. The van der Waals surface area contributed by atoms with E-state index in [0.717, 1.165) is 12.1 Å². The van der Waals surface area contributed by atoms with Gasteiger partial charge in [0.15, 0.2) is 0 Å². The minimum Gasteiger partial charge on any atom is -0.406 e. The van der Waals surface area contributed by atoms with Crippen molar-refractivity contribution >= 4 is 15.9 Å². The first-order chi connectivity index (χ1) is 8.96. The van der Waals surface area contributed by atoms with Crippen molar-refractivity contribution in [3.63, 3.8) is 0 Å². The molecule has 0 saturated carbocycles. The molecule has 0 spiro atoms. The largest absolute Gasteiger partial charge is 0.573 e. The third-order valence-electron chi connectivity index (χ3n) is 2.29. The Hall–Kier alpha value is -0.960. The second-order valence-corrected chi connectivity index (χ2v) is 4.94. The van der Waals surface area contributed by atoms with Crippen molar-refractivity contribution in [3.05, 3.63) is 28.2 Å². The smallest absolute Gasteiger partial charge is 0.406 e. The molecule has 0 aliphatic rings. The summed E-state index contributed by atoms with van der Waals surface area (Å²) < 4.78 is 76.4. The van der Waals surface area contributed by atoms with Crippen LogP contribution in [0.5, 0.6) is 5.75 Å². The van der Waals surface area contributed by atoms with Crippen LogP contribution in [0.15, 0.2) is 22.7 Å². The molecule has 0 fully saturated rings. The highest BCUT2D eigenvalue weighted by Crippen LogP contribution is 2.32. The van der Waals surface area contributed by atoms with E-state index in [4.69, 9.17) is 5.73 Å². The maximum atomic E-state index is 12.1. The molecule has 0 aliphatic carbocycles. The molecule has 0 amide bonds. The van der Waals surface area contributed by atoms with E-state index in [1.807, 2.05) is 0 Å². The zero-order valence-corrected chi connectivity index (χ0v) is 11.4. The number of hydrogen-bond donors (Lipinski definition) is 1. The van der Waals surface area contributed by atoms with Crippen molar-refractivity contribution < 1.29 is 31.1 Å². The van der Waals surface area contributed by atoms with Crippen LogP contribution in [0.1, 0.15) is 24.4 Å². The topological polar surface area (TPSA) is 35.2 Å². The van der Waals surface area contributed by atoms with Crippen LogP contribution in [-0.2, 0) is 0 Å². The maximum Gasteiger partial charge on any atom is 0.573 e. The Morgan fingerprint density at radius 2 is 1.70 bits per heavy atom. The third-order valence-corrected chi connectivity index (χ3v) is 2.75. The van der Waals surface area contributed by atoms with Crippen molar-refractivity contribution in [1.82, 2.24) is 0 Å². The van der Waals surface area contributed by atoms with Crippen LogP contribution >= 0.6 is 15.9 Å². The Bertz CT molecular complexity index is 459. The number of ether oxygens (including phenoxy) is 1. The Labute approximate surface area is 119 Å². The van der Waals surface area contributed by atoms with Gasteiger partial charge in [-0.25, -0.2) is 0 Å². The summed E-state index contributed by atoms with van der Waals surface area (Å²) in [6.45, 7) is 0. The molecule has 1 atom stereocenters. The van der Waals surface area contributed by atoms with Gasteiger partial charge < -0.3 is 10.5 Å². The normalized spacial score (nSPS) is 14.2. The summed E-state index contributed by atoms with van der Waals surface area (Å²) in [6.07, 6.45) is -10.8. The lowest BCUT2D eigenvalue weighted by Crippen LogP contribution is -2.18. The van der Waals surface area contributed by atoms with Crippen LogP contribution in [0.3, 0.4) is 0 Å². The molecule has 0 heterocycles. The minimum atomic E-state index is -4.88. The van der Waals surface area contributed by atoms with E-state index >= 15 is 0 Å². The van der Waals surface area contributed by atoms with Gasteiger partial charge in [-0.3, -0.25) is 0 Å². The summed E-state index contributed by atoms with van der Waals surface area (Å²) >= 11 is 2.95. The fourth-order valence-electron chi connectivity index (χ4n) is 1.48. The molecule has 0 aliphatic heterocycles. The average Bonchev–Trinajstić information content (AvgIpc) is 2.21. The number of hydrogen-bond acceptors (Lipinski definition) is 2. The SMILES string of the molecule is N[C@H](CCC(F)(F)F)c1cc(Br)cc(OC(F)(F)F)c1. The van der Waals surface area contributed by atoms with Crippen LogP contribution in [0, 0.1) is 0 Å². The lowest BCUT2D eigenvalue weighted by molar-refractivity contribution is -0.274. The van der Waals surface area contributed by atoms with E-state index in [0.29, 0.717) is 0 Å². The van der Waals surface area contributed by atoms with Gasteiger partial charge in [-0.05, 0) is 30.2 Å². The molecular weight excluding hydrogens is 356 g/mol. The maximum absolute atomic E-state index is 12.1. The number of nitrogens with two attached hydrogens (primary N) is 1. The number of benzene rings is 1. The zero-order valence-electron chi connectivity index (χ0n) is 9.85. The summed E-state index contributed by atoms with van der Waals surface area (Å²) in [5, 5.41) is 0. The molecule has 2 nitrogen and oxygen atoms in total. The predicted molar refractivity (Wildman–Crippen MR) is 63.0 cm³/mol. The van der Waals surface area contributed by atoms with E-state index in [1.165, 1.54) is 6.07 Å². The van der Waals surface area contributed by atoms with Gasteiger partial charge in [-0.2, -0.15) is 13.2 Å². The Morgan fingerprint density at radius 3 is 2.20 bits per heavy atom. The van der Waals surface area contributed by atoms with E-state index in [9.17, 15) is 26.3 Å². The van der Waals surface area contributed by atoms with Crippen molar-refractivity contribution in [2.45, 2.75) is 31.4 Å². The third kappa shape index (κ3) is 6.47. The summed E-state index contributed by atoms with van der Waals surface area (Å²) in [5.41, 5.74) is 5.67. The van der Waals surface area contributed by atoms with Crippen LogP contribution < -0.4 is 10.5 Å². The molecule has 1 rings (SSSR count). The molecule has 2 N–H and O–H groups in total. The van der Waals surface area contributed by atoms with E-state index in [1.54, 1.807) is 0 Å². The minimum absolute atomic E-state index is 0.128. The predicted octanol–water partition coefficient (Wildman–Crippen LogP) is 4.69. The summed E-state index contributed by atoms with van der Waals surface area (Å²) in [6, 6.07) is 2.33. The summed E-state index contributed by atoms with van der Waals surface area (Å²) in [5.74, 6) is -0.538. The van der Waals surface area contributed by atoms with E-state index < -0.39 is 37.2 Å². The number of halogens is 7. The standard InChI is InChI=1S/C11H10BrF6NO/c12-7-3-6(9(19)1-2-10(13,14)15)4-8(5-7)20-11(16,17)18/h3-5,9H,1-2,19H2/t9-/m1/s1. The first-order valence-corrected chi connectivity index (χ1v) is 6.14. The fraction of sp³-hybridized carbons (Fsp3) is 0.455. The molecule has 1 aromatic rings. The average molecular weight is 366 g/mol. The molecule has 0 saturated heterocycles. The van der Waals surface area contributed by atoms with Crippen molar-refractivity contribution in [2.75, 3.05) is 0 Å². The quantitative estimate of drug-likeness (QED) is 0.785. The van der Waals surface area contributed by atoms with Crippen molar-refractivity contribution in [2.24, 2.45) is 5.73 Å². The van der Waals surface area contributed by atoms with Crippen LogP contribution in [0.2, 0.25) is 0 Å². The first-order valence-electron chi connectivity index (χ1n) is 5.35. The molecule has 0 radical (unpaired) electrons. The van der Waals surface area contributed by atoms with Gasteiger partial charge in [0.05, 0.1) is 0 Å². The summed E-state index contributed by atoms with van der Waals surface area (Å²) in [4.78, 5) is 0. The lowest BCUT2D eigenvalue weighted by atomic mass is 10.0. The second-order valence-electron chi connectivity index (χ2n) is 4.03. The number of rotatable bonds is 4. The highest BCUT2D eigenvalue weighted by atomic mass is 79.9. The van der Waals surface area contributed by atoms with Crippen molar-refractivity contribution in [3.8, 4) is 5.75 Å². The molecular formula is C11H10BrF6NO. The molecule has 114 valence electrons. The van der Waals surface area contributed by atoms with Gasteiger partial charge in [-0.1, -0.05) is 15.9 Å². The fourth-order valence-corrected chi connectivity index (χ4v) is 1.97. The Morgan fingerprint density at radius 1 is 1.10 bits per heavy atom.